The molecular weight excluding hydrogens is 208 g/mol. The van der Waals surface area contributed by atoms with Gasteiger partial charge in [0.1, 0.15) is 0 Å². The first kappa shape index (κ1) is 13.0. The topological polar surface area (TPSA) is 58.6 Å². The van der Waals surface area contributed by atoms with Gasteiger partial charge in [0.2, 0.25) is 5.91 Å². The van der Waals surface area contributed by atoms with Crippen LogP contribution in [0.4, 0.5) is 0 Å². The summed E-state index contributed by atoms with van der Waals surface area (Å²) in [5.74, 6) is -0.0798. The maximum absolute atomic E-state index is 11.3. The first-order valence-corrected chi connectivity index (χ1v) is 5.74. The van der Waals surface area contributed by atoms with Crippen LogP contribution in [0.1, 0.15) is 19.8 Å². The molecule has 1 heterocycles. The van der Waals surface area contributed by atoms with Crippen molar-refractivity contribution in [3.8, 4) is 0 Å². The monoisotopic (exact) mass is 228 g/mol. The Morgan fingerprint density at radius 1 is 1.50 bits per heavy atom. The first-order valence-electron chi connectivity index (χ1n) is 5.74. The molecule has 1 rings (SSSR count). The summed E-state index contributed by atoms with van der Waals surface area (Å²) in [5.41, 5.74) is 0. The highest BCUT2D eigenvalue weighted by Crippen LogP contribution is 2.17. The summed E-state index contributed by atoms with van der Waals surface area (Å²) in [4.78, 5) is 24.6. The number of esters is 1. The third kappa shape index (κ3) is 3.81. The fourth-order valence-electron chi connectivity index (χ4n) is 1.94. The molecule has 1 aliphatic heterocycles. The van der Waals surface area contributed by atoms with Crippen LogP contribution in [0.3, 0.4) is 0 Å². The zero-order valence-corrected chi connectivity index (χ0v) is 9.99. The molecular formula is C11H20N2O3. The van der Waals surface area contributed by atoms with E-state index < -0.39 is 0 Å². The van der Waals surface area contributed by atoms with Crippen molar-refractivity contribution in [1.29, 1.82) is 0 Å². The number of carbonyl (C=O) groups is 2. The van der Waals surface area contributed by atoms with Crippen LogP contribution in [0.2, 0.25) is 0 Å². The summed E-state index contributed by atoms with van der Waals surface area (Å²) in [7, 11) is 1.42. The third-order valence-corrected chi connectivity index (χ3v) is 2.84. The predicted octanol–water partition coefficient (Wildman–Crippen LogP) is 0.00750. The zero-order valence-electron chi connectivity index (χ0n) is 9.99. The second-order valence-electron chi connectivity index (χ2n) is 4.01. The zero-order chi connectivity index (χ0) is 12.0. The largest absolute Gasteiger partial charge is 0.469 e. The van der Waals surface area contributed by atoms with Crippen molar-refractivity contribution < 1.29 is 14.3 Å². The van der Waals surface area contributed by atoms with E-state index in [0.717, 1.165) is 19.5 Å². The average molecular weight is 228 g/mol. The normalized spacial score (nSPS) is 20.8. The SMILES string of the molecule is CCNC(=O)CCN1CCC(C(=O)OC)C1. The molecule has 0 aromatic rings. The van der Waals surface area contributed by atoms with Gasteiger partial charge in [-0.2, -0.15) is 0 Å². The minimum atomic E-state index is -0.138. The van der Waals surface area contributed by atoms with Gasteiger partial charge in [0.15, 0.2) is 0 Å². The van der Waals surface area contributed by atoms with E-state index in [9.17, 15) is 9.59 Å². The van der Waals surface area contributed by atoms with Crippen LogP contribution in [0.5, 0.6) is 0 Å². The van der Waals surface area contributed by atoms with Crippen molar-refractivity contribution in [2.45, 2.75) is 19.8 Å². The van der Waals surface area contributed by atoms with Crippen LogP contribution in [0.25, 0.3) is 0 Å². The summed E-state index contributed by atoms with van der Waals surface area (Å²) in [5, 5.41) is 2.76. The van der Waals surface area contributed by atoms with Crippen LogP contribution in [0.15, 0.2) is 0 Å². The Balaban J connectivity index is 2.21. The lowest BCUT2D eigenvalue weighted by atomic mass is 10.1. The van der Waals surface area contributed by atoms with E-state index in [0.29, 0.717) is 19.5 Å². The van der Waals surface area contributed by atoms with Gasteiger partial charge in [0.25, 0.3) is 0 Å². The Hall–Kier alpha value is -1.10. The number of amides is 1. The van der Waals surface area contributed by atoms with E-state index in [1.807, 2.05) is 6.92 Å². The summed E-state index contributed by atoms with van der Waals surface area (Å²) < 4.78 is 4.70. The Bertz CT molecular complexity index is 256. The molecule has 0 spiro atoms. The quantitative estimate of drug-likeness (QED) is 0.673. The number of hydrogen-bond acceptors (Lipinski definition) is 4. The van der Waals surface area contributed by atoms with E-state index >= 15 is 0 Å². The lowest BCUT2D eigenvalue weighted by Gasteiger charge is -2.14. The van der Waals surface area contributed by atoms with E-state index in [-0.39, 0.29) is 17.8 Å². The highest BCUT2D eigenvalue weighted by molar-refractivity contribution is 5.76. The van der Waals surface area contributed by atoms with Crippen molar-refractivity contribution >= 4 is 11.9 Å². The molecule has 0 bridgehead atoms. The van der Waals surface area contributed by atoms with Crippen LogP contribution in [-0.4, -0.2) is 50.1 Å². The molecule has 0 aromatic heterocycles. The van der Waals surface area contributed by atoms with Gasteiger partial charge in [0, 0.05) is 26.1 Å². The molecule has 1 unspecified atom stereocenters. The molecule has 0 saturated carbocycles. The van der Waals surface area contributed by atoms with Crippen molar-refractivity contribution in [2.24, 2.45) is 5.92 Å². The fraction of sp³-hybridized carbons (Fsp3) is 0.818. The van der Waals surface area contributed by atoms with Crippen molar-refractivity contribution in [1.82, 2.24) is 10.2 Å². The van der Waals surface area contributed by atoms with E-state index in [4.69, 9.17) is 4.74 Å². The Kier molecular flexibility index (Phi) is 5.25. The van der Waals surface area contributed by atoms with E-state index in [2.05, 4.69) is 10.2 Å². The summed E-state index contributed by atoms with van der Waals surface area (Å²) in [6, 6.07) is 0. The van der Waals surface area contributed by atoms with Crippen LogP contribution in [-0.2, 0) is 14.3 Å². The highest BCUT2D eigenvalue weighted by atomic mass is 16.5. The van der Waals surface area contributed by atoms with Gasteiger partial charge in [0.05, 0.1) is 13.0 Å². The van der Waals surface area contributed by atoms with Crippen LogP contribution < -0.4 is 5.32 Å². The fourth-order valence-corrected chi connectivity index (χ4v) is 1.94. The number of carbonyl (C=O) groups excluding carboxylic acids is 2. The molecule has 5 nitrogen and oxygen atoms in total. The van der Waals surface area contributed by atoms with Crippen LogP contribution in [0, 0.1) is 5.92 Å². The Morgan fingerprint density at radius 2 is 2.25 bits per heavy atom. The molecule has 0 aliphatic carbocycles. The minimum absolute atomic E-state index is 0.0146. The number of methoxy groups -OCH3 is 1. The smallest absolute Gasteiger partial charge is 0.310 e. The van der Waals surface area contributed by atoms with Crippen molar-refractivity contribution in [3.05, 3.63) is 0 Å². The molecule has 1 amide bonds. The molecule has 1 saturated heterocycles. The Labute approximate surface area is 96.1 Å². The highest BCUT2D eigenvalue weighted by Gasteiger charge is 2.28. The number of nitrogens with one attached hydrogen (secondary N) is 1. The van der Waals surface area contributed by atoms with Gasteiger partial charge >= 0.3 is 5.97 Å². The van der Waals surface area contributed by atoms with Gasteiger partial charge in [-0.25, -0.2) is 0 Å². The molecule has 92 valence electrons. The number of likely N-dealkylation sites (tertiary alicyclic amines) is 1. The van der Waals surface area contributed by atoms with E-state index in [1.165, 1.54) is 7.11 Å². The van der Waals surface area contributed by atoms with Crippen molar-refractivity contribution in [3.63, 3.8) is 0 Å². The molecule has 16 heavy (non-hydrogen) atoms. The van der Waals surface area contributed by atoms with Gasteiger partial charge in [-0.15, -0.1) is 0 Å². The van der Waals surface area contributed by atoms with Gasteiger partial charge in [-0.05, 0) is 19.9 Å². The molecule has 5 heteroatoms. The first-order chi connectivity index (χ1) is 7.67. The van der Waals surface area contributed by atoms with Gasteiger partial charge < -0.3 is 15.0 Å². The molecule has 1 aliphatic rings. The lowest BCUT2D eigenvalue weighted by Crippen LogP contribution is -2.30. The van der Waals surface area contributed by atoms with Gasteiger partial charge in [-0.1, -0.05) is 0 Å². The summed E-state index contributed by atoms with van der Waals surface area (Å²) >= 11 is 0. The van der Waals surface area contributed by atoms with Crippen LogP contribution >= 0.6 is 0 Å². The number of nitrogens with zero attached hydrogens (tertiary/aromatic N) is 1. The second-order valence-corrected chi connectivity index (χ2v) is 4.01. The molecule has 0 aromatic carbocycles. The predicted molar refractivity (Wildman–Crippen MR) is 59.9 cm³/mol. The van der Waals surface area contributed by atoms with Gasteiger partial charge in [-0.3, -0.25) is 9.59 Å². The standard InChI is InChI=1S/C11H20N2O3/c1-3-12-10(14)5-7-13-6-4-9(8-13)11(15)16-2/h9H,3-8H2,1-2H3,(H,12,14). The third-order valence-electron chi connectivity index (χ3n) is 2.84. The maximum atomic E-state index is 11.3. The molecule has 1 fully saturated rings. The summed E-state index contributed by atoms with van der Waals surface area (Å²) in [6.45, 7) is 4.88. The molecule has 0 radical (unpaired) electrons. The maximum Gasteiger partial charge on any atom is 0.310 e. The molecule has 1 atom stereocenters. The number of ether oxygens (including phenoxy) is 1. The molecule has 1 N–H and O–H groups in total. The lowest BCUT2D eigenvalue weighted by molar-refractivity contribution is -0.144. The minimum Gasteiger partial charge on any atom is -0.469 e. The number of hydrogen-bond donors (Lipinski definition) is 1. The second kappa shape index (κ2) is 6.48. The number of rotatable bonds is 5. The van der Waals surface area contributed by atoms with Crippen molar-refractivity contribution in [2.75, 3.05) is 33.3 Å². The Morgan fingerprint density at radius 3 is 2.88 bits per heavy atom. The van der Waals surface area contributed by atoms with E-state index in [1.54, 1.807) is 0 Å². The average Bonchev–Trinajstić information content (AvgIpc) is 2.74. The summed E-state index contributed by atoms with van der Waals surface area (Å²) in [6.07, 6.45) is 1.34.